The number of ether oxygens (including phenoxy) is 1. The molecule has 2 rings (SSSR count). The molecule has 6 nitrogen and oxygen atoms in total. The molecule has 0 aliphatic carbocycles. The number of carbonyl (C=O) groups is 2. The van der Waals surface area contributed by atoms with Crippen molar-refractivity contribution < 1.29 is 27.5 Å². The smallest absolute Gasteiger partial charge is 0.406 e. The van der Waals surface area contributed by atoms with Crippen molar-refractivity contribution >= 4 is 28.2 Å². The molecule has 0 radical (unpaired) electrons. The fourth-order valence-electron chi connectivity index (χ4n) is 2.40. The number of hydrogen-bond donors (Lipinski definition) is 1. The van der Waals surface area contributed by atoms with Crippen molar-refractivity contribution in [3.8, 4) is 0 Å². The lowest BCUT2D eigenvalue weighted by atomic mass is 10.1. The normalized spacial score (nSPS) is 11.3. The van der Waals surface area contributed by atoms with Crippen LogP contribution in [-0.2, 0) is 11.3 Å². The molecule has 0 aromatic carbocycles. The van der Waals surface area contributed by atoms with Crippen molar-refractivity contribution in [2.45, 2.75) is 26.6 Å². The zero-order chi connectivity index (χ0) is 20.2. The van der Waals surface area contributed by atoms with Crippen LogP contribution in [0.2, 0.25) is 0 Å². The van der Waals surface area contributed by atoms with Gasteiger partial charge in [-0.1, -0.05) is 6.08 Å². The SMILES string of the molecule is C=CCNc1nc(C(=O)OCC(=O)c2cc(C)n(CC(F)(F)F)c2C)cs1. The predicted octanol–water partition coefficient (Wildman–Crippen LogP) is 3.76. The highest BCUT2D eigenvalue weighted by molar-refractivity contribution is 7.13. The number of Topliss-reactive ketones (excluding diaryl/α,β-unsaturated/α-hetero) is 1. The fourth-order valence-corrected chi connectivity index (χ4v) is 3.09. The highest BCUT2D eigenvalue weighted by atomic mass is 32.1. The third-order valence-electron chi connectivity index (χ3n) is 3.66. The Hall–Kier alpha value is -2.62. The number of ketones is 1. The molecule has 0 bridgehead atoms. The lowest BCUT2D eigenvalue weighted by Crippen LogP contribution is -2.20. The van der Waals surface area contributed by atoms with E-state index in [0.717, 1.165) is 4.57 Å². The second-order valence-corrected chi connectivity index (χ2v) is 6.55. The molecule has 0 aliphatic rings. The van der Waals surface area contributed by atoms with E-state index in [-0.39, 0.29) is 17.0 Å². The largest absolute Gasteiger partial charge is 0.453 e. The number of nitrogens with zero attached hydrogens (tertiary/aromatic N) is 2. The van der Waals surface area contributed by atoms with Crippen molar-refractivity contribution in [2.75, 3.05) is 18.5 Å². The summed E-state index contributed by atoms with van der Waals surface area (Å²) in [5.41, 5.74) is 0.616. The first-order valence-electron chi connectivity index (χ1n) is 7.86. The van der Waals surface area contributed by atoms with Gasteiger partial charge in [0, 0.05) is 28.9 Å². The average molecular weight is 401 g/mol. The molecular formula is C17H18F3N3O3S. The number of nitrogens with one attached hydrogen (secondary N) is 1. The summed E-state index contributed by atoms with van der Waals surface area (Å²) >= 11 is 1.20. The zero-order valence-electron chi connectivity index (χ0n) is 14.7. The van der Waals surface area contributed by atoms with E-state index in [1.165, 1.54) is 36.6 Å². The summed E-state index contributed by atoms with van der Waals surface area (Å²) in [6.45, 7) is 5.17. The van der Waals surface area contributed by atoms with Crippen LogP contribution in [-0.4, -0.2) is 40.6 Å². The molecule has 146 valence electrons. The van der Waals surface area contributed by atoms with Crippen LogP contribution >= 0.6 is 11.3 Å². The summed E-state index contributed by atoms with van der Waals surface area (Å²) in [5, 5.41) is 4.90. The monoisotopic (exact) mass is 401 g/mol. The first-order valence-corrected chi connectivity index (χ1v) is 8.74. The molecule has 2 aromatic heterocycles. The quantitative estimate of drug-likeness (QED) is 0.414. The molecule has 27 heavy (non-hydrogen) atoms. The van der Waals surface area contributed by atoms with Crippen molar-refractivity contribution in [3.05, 3.63) is 46.7 Å². The van der Waals surface area contributed by atoms with Crippen LogP contribution in [0.4, 0.5) is 18.3 Å². The molecule has 1 N–H and O–H groups in total. The Bertz CT molecular complexity index is 855. The van der Waals surface area contributed by atoms with Gasteiger partial charge in [-0.3, -0.25) is 4.79 Å². The number of aryl methyl sites for hydroxylation is 1. The number of halogens is 3. The molecule has 2 aromatic rings. The van der Waals surface area contributed by atoms with Crippen LogP contribution < -0.4 is 5.32 Å². The number of hydrogen-bond acceptors (Lipinski definition) is 6. The van der Waals surface area contributed by atoms with Gasteiger partial charge in [0.25, 0.3) is 0 Å². The molecule has 0 spiro atoms. The van der Waals surface area contributed by atoms with Crippen molar-refractivity contribution in [3.63, 3.8) is 0 Å². The molecule has 0 atom stereocenters. The average Bonchev–Trinajstić information content (AvgIpc) is 3.16. The van der Waals surface area contributed by atoms with Gasteiger partial charge in [0.15, 0.2) is 17.4 Å². The molecular weight excluding hydrogens is 383 g/mol. The van der Waals surface area contributed by atoms with E-state index >= 15 is 0 Å². The van der Waals surface area contributed by atoms with Gasteiger partial charge in [-0.25, -0.2) is 9.78 Å². The topological polar surface area (TPSA) is 73.2 Å². The number of esters is 1. The molecule has 0 aliphatic heterocycles. The molecule has 0 amide bonds. The lowest BCUT2D eigenvalue weighted by molar-refractivity contribution is -0.141. The van der Waals surface area contributed by atoms with Gasteiger partial charge in [-0.2, -0.15) is 13.2 Å². The van der Waals surface area contributed by atoms with Crippen LogP contribution in [0.15, 0.2) is 24.1 Å². The Morgan fingerprint density at radius 3 is 2.74 bits per heavy atom. The van der Waals surface area contributed by atoms with Crippen molar-refractivity contribution in [1.29, 1.82) is 0 Å². The van der Waals surface area contributed by atoms with Gasteiger partial charge in [0.05, 0.1) is 0 Å². The Balaban J connectivity index is 2.01. The van der Waals surface area contributed by atoms with Crippen molar-refractivity contribution in [1.82, 2.24) is 9.55 Å². The van der Waals surface area contributed by atoms with Crippen LogP contribution in [0.25, 0.3) is 0 Å². The number of thiazole rings is 1. The molecule has 0 unspecified atom stereocenters. The summed E-state index contributed by atoms with van der Waals surface area (Å²) in [6, 6.07) is 1.36. The molecule has 0 saturated carbocycles. The van der Waals surface area contributed by atoms with Gasteiger partial charge in [-0.15, -0.1) is 17.9 Å². The van der Waals surface area contributed by atoms with Gasteiger partial charge >= 0.3 is 12.1 Å². The third-order valence-corrected chi connectivity index (χ3v) is 4.46. The number of carbonyl (C=O) groups excluding carboxylic acids is 2. The Morgan fingerprint density at radius 1 is 1.41 bits per heavy atom. The fraction of sp³-hybridized carbons (Fsp3) is 0.353. The van der Waals surface area contributed by atoms with Crippen molar-refractivity contribution in [2.24, 2.45) is 0 Å². The van der Waals surface area contributed by atoms with Gasteiger partial charge in [0.1, 0.15) is 6.54 Å². The minimum Gasteiger partial charge on any atom is -0.453 e. The third kappa shape index (κ3) is 5.43. The molecule has 2 heterocycles. The summed E-state index contributed by atoms with van der Waals surface area (Å²) in [6.07, 6.45) is -2.77. The lowest BCUT2D eigenvalue weighted by Gasteiger charge is -2.12. The van der Waals surface area contributed by atoms with Gasteiger partial charge in [0.2, 0.25) is 5.78 Å². The van der Waals surface area contributed by atoms with Gasteiger partial charge in [-0.05, 0) is 19.9 Å². The standard InChI is InChI=1S/C17H18F3N3O3S/c1-4-5-21-16-22-13(8-27-16)15(25)26-7-14(24)12-6-10(2)23(11(12)3)9-17(18,19)20/h4,6,8H,1,5,7,9H2,2-3H3,(H,21,22). The second kappa shape index (κ2) is 8.38. The van der Waals surface area contributed by atoms with E-state index in [1.54, 1.807) is 6.08 Å². The Morgan fingerprint density at radius 2 is 2.11 bits per heavy atom. The maximum absolute atomic E-state index is 12.6. The summed E-state index contributed by atoms with van der Waals surface area (Å²) in [7, 11) is 0. The first kappa shape index (κ1) is 20.7. The highest BCUT2D eigenvalue weighted by Crippen LogP contribution is 2.23. The maximum atomic E-state index is 12.6. The number of aromatic nitrogens is 2. The summed E-state index contributed by atoms with van der Waals surface area (Å²) in [5.74, 6) is -1.36. The van der Waals surface area contributed by atoms with Gasteiger partial charge < -0.3 is 14.6 Å². The minimum absolute atomic E-state index is 0.0434. The van der Waals surface area contributed by atoms with E-state index in [9.17, 15) is 22.8 Å². The van der Waals surface area contributed by atoms with E-state index in [1.807, 2.05) is 0 Å². The minimum atomic E-state index is -4.40. The zero-order valence-corrected chi connectivity index (χ0v) is 15.5. The highest BCUT2D eigenvalue weighted by Gasteiger charge is 2.30. The summed E-state index contributed by atoms with van der Waals surface area (Å²) < 4.78 is 43.9. The number of alkyl halides is 3. The Labute approximate surface area is 157 Å². The van der Waals surface area contributed by atoms with Crippen LogP contribution in [0, 0.1) is 13.8 Å². The molecule has 10 heteroatoms. The van der Waals surface area contributed by atoms with Crippen LogP contribution in [0.1, 0.15) is 32.2 Å². The number of anilines is 1. The predicted molar refractivity (Wildman–Crippen MR) is 95.4 cm³/mol. The van der Waals surface area contributed by atoms with Crippen LogP contribution in [0.5, 0.6) is 0 Å². The van der Waals surface area contributed by atoms with Crippen LogP contribution in [0.3, 0.4) is 0 Å². The second-order valence-electron chi connectivity index (χ2n) is 5.69. The summed E-state index contributed by atoms with van der Waals surface area (Å²) in [4.78, 5) is 28.3. The number of rotatable bonds is 8. The maximum Gasteiger partial charge on any atom is 0.406 e. The first-order chi connectivity index (χ1) is 12.6. The van der Waals surface area contributed by atoms with E-state index in [2.05, 4.69) is 16.9 Å². The van der Waals surface area contributed by atoms with E-state index in [4.69, 9.17) is 4.74 Å². The van der Waals surface area contributed by atoms with E-state index < -0.39 is 31.1 Å². The Kier molecular flexibility index (Phi) is 6.42. The molecule has 0 fully saturated rings. The van der Waals surface area contributed by atoms with E-state index in [0.29, 0.717) is 17.4 Å². The molecule has 0 saturated heterocycles.